The van der Waals surface area contributed by atoms with Gasteiger partial charge in [-0.25, -0.2) is 8.78 Å². The molecule has 1 nitrogen and oxygen atoms in total. The molecule has 0 fully saturated rings. The van der Waals surface area contributed by atoms with Crippen LogP contribution in [0, 0.1) is 18.6 Å². The van der Waals surface area contributed by atoms with Crippen LogP contribution in [0.5, 0.6) is 0 Å². The first kappa shape index (κ1) is 9.84. The summed E-state index contributed by atoms with van der Waals surface area (Å²) in [5.74, 6) is -1.70. The molecule has 1 aromatic rings. The largest absolute Gasteiger partial charge is 0.303 e. The van der Waals surface area contributed by atoms with Gasteiger partial charge in [0.05, 0.1) is 0 Å². The van der Waals surface area contributed by atoms with Crippen molar-refractivity contribution in [1.82, 2.24) is 0 Å². The van der Waals surface area contributed by atoms with Crippen LogP contribution in [0.25, 0.3) is 0 Å². The maximum Gasteiger partial charge on any atom is 0.159 e. The third-order valence-electron chi connectivity index (χ3n) is 1.91. The van der Waals surface area contributed by atoms with Gasteiger partial charge in [-0.05, 0) is 36.6 Å². The Labute approximate surface area is 75.4 Å². The molecule has 0 saturated carbocycles. The van der Waals surface area contributed by atoms with Crippen molar-refractivity contribution in [3.05, 3.63) is 34.9 Å². The Hall–Kier alpha value is -1.25. The van der Waals surface area contributed by atoms with Crippen LogP contribution in [-0.2, 0) is 11.2 Å². The summed E-state index contributed by atoms with van der Waals surface area (Å²) in [5.41, 5.74) is 1.37. The second kappa shape index (κ2) is 4.12. The number of halogens is 2. The number of carbonyl (C=O) groups is 1. The van der Waals surface area contributed by atoms with E-state index in [9.17, 15) is 13.6 Å². The number of hydrogen-bond acceptors (Lipinski definition) is 1. The lowest BCUT2D eigenvalue weighted by Crippen LogP contribution is -1.95. The SMILES string of the molecule is Cc1cc(F)c(F)cc1CCC=O. The molecule has 0 heterocycles. The molecular formula is C10H10F2O. The molecule has 0 amide bonds. The second-order valence-corrected chi connectivity index (χ2v) is 2.90. The normalized spacial score (nSPS) is 10.1. The van der Waals surface area contributed by atoms with Gasteiger partial charge in [-0.2, -0.15) is 0 Å². The van der Waals surface area contributed by atoms with Crippen molar-refractivity contribution < 1.29 is 13.6 Å². The van der Waals surface area contributed by atoms with E-state index in [2.05, 4.69) is 0 Å². The highest BCUT2D eigenvalue weighted by molar-refractivity contribution is 5.50. The van der Waals surface area contributed by atoms with Gasteiger partial charge < -0.3 is 4.79 Å². The summed E-state index contributed by atoms with van der Waals surface area (Å²) < 4.78 is 25.4. The number of aldehydes is 1. The third kappa shape index (κ3) is 2.34. The minimum Gasteiger partial charge on any atom is -0.303 e. The van der Waals surface area contributed by atoms with Crippen LogP contribution in [0.4, 0.5) is 8.78 Å². The second-order valence-electron chi connectivity index (χ2n) is 2.90. The lowest BCUT2D eigenvalue weighted by molar-refractivity contribution is -0.107. The Morgan fingerprint density at radius 3 is 2.54 bits per heavy atom. The summed E-state index contributed by atoms with van der Waals surface area (Å²) in [6.07, 6.45) is 1.57. The van der Waals surface area contributed by atoms with Gasteiger partial charge >= 0.3 is 0 Å². The summed E-state index contributed by atoms with van der Waals surface area (Å²) in [7, 11) is 0. The fraction of sp³-hybridized carbons (Fsp3) is 0.300. The summed E-state index contributed by atoms with van der Waals surface area (Å²) in [5, 5.41) is 0. The van der Waals surface area contributed by atoms with Gasteiger partial charge in [-0.3, -0.25) is 0 Å². The zero-order valence-electron chi connectivity index (χ0n) is 7.31. The molecule has 3 heteroatoms. The monoisotopic (exact) mass is 184 g/mol. The van der Waals surface area contributed by atoms with E-state index in [0.29, 0.717) is 24.0 Å². The van der Waals surface area contributed by atoms with Gasteiger partial charge in [0, 0.05) is 6.42 Å². The molecule has 0 bridgehead atoms. The van der Waals surface area contributed by atoms with Gasteiger partial charge in [-0.15, -0.1) is 0 Å². The summed E-state index contributed by atoms with van der Waals surface area (Å²) in [6, 6.07) is 2.30. The van der Waals surface area contributed by atoms with Gasteiger partial charge in [0.1, 0.15) is 6.29 Å². The van der Waals surface area contributed by atoms with E-state index in [-0.39, 0.29) is 0 Å². The fourth-order valence-corrected chi connectivity index (χ4v) is 1.17. The highest BCUT2D eigenvalue weighted by Crippen LogP contribution is 2.15. The number of hydrogen-bond donors (Lipinski definition) is 0. The van der Waals surface area contributed by atoms with Crippen molar-refractivity contribution in [3.63, 3.8) is 0 Å². The van der Waals surface area contributed by atoms with E-state index in [1.54, 1.807) is 6.92 Å². The molecule has 0 aliphatic heterocycles. The van der Waals surface area contributed by atoms with E-state index >= 15 is 0 Å². The van der Waals surface area contributed by atoms with Crippen molar-refractivity contribution >= 4 is 6.29 Å². The molecule has 70 valence electrons. The van der Waals surface area contributed by atoms with Crippen molar-refractivity contribution in [3.8, 4) is 0 Å². The number of aryl methyl sites for hydroxylation is 2. The van der Waals surface area contributed by atoms with Crippen LogP contribution >= 0.6 is 0 Å². The average Bonchev–Trinajstić information content (AvgIpc) is 2.09. The molecule has 13 heavy (non-hydrogen) atoms. The van der Waals surface area contributed by atoms with Crippen molar-refractivity contribution in [2.24, 2.45) is 0 Å². The molecule has 0 unspecified atom stereocenters. The van der Waals surface area contributed by atoms with E-state index in [1.165, 1.54) is 0 Å². The first-order valence-electron chi connectivity index (χ1n) is 4.03. The van der Waals surface area contributed by atoms with Crippen LogP contribution in [0.2, 0.25) is 0 Å². The molecule has 0 saturated heterocycles. The topological polar surface area (TPSA) is 17.1 Å². The molecule has 0 aliphatic rings. The summed E-state index contributed by atoms with van der Waals surface area (Å²) in [4.78, 5) is 10.1. The van der Waals surface area contributed by atoms with Crippen LogP contribution < -0.4 is 0 Å². The zero-order chi connectivity index (χ0) is 9.84. The fourth-order valence-electron chi connectivity index (χ4n) is 1.17. The Morgan fingerprint density at radius 1 is 1.31 bits per heavy atom. The van der Waals surface area contributed by atoms with Crippen molar-refractivity contribution in [2.45, 2.75) is 19.8 Å². The standard InChI is InChI=1S/C10H10F2O/c1-7-5-9(11)10(12)6-8(7)3-2-4-13/h4-6H,2-3H2,1H3. The molecule has 0 atom stereocenters. The quantitative estimate of drug-likeness (QED) is 0.659. The first-order valence-corrected chi connectivity index (χ1v) is 4.03. The van der Waals surface area contributed by atoms with Crippen LogP contribution in [0.15, 0.2) is 12.1 Å². The predicted octanol–water partition coefficient (Wildman–Crippen LogP) is 2.40. The summed E-state index contributed by atoms with van der Waals surface area (Å²) >= 11 is 0. The van der Waals surface area contributed by atoms with Crippen molar-refractivity contribution in [2.75, 3.05) is 0 Å². The minimum atomic E-state index is -0.855. The van der Waals surface area contributed by atoms with Gasteiger partial charge in [0.25, 0.3) is 0 Å². The molecule has 0 aromatic heterocycles. The van der Waals surface area contributed by atoms with E-state index < -0.39 is 11.6 Å². The summed E-state index contributed by atoms with van der Waals surface area (Å²) in [6.45, 7) is 1.70. The first-order chi connectivity index (χ1) is 6.15. The van der Waals surface area contributed by atoms with Gasteiger partial charge in [-0.1, -0.05) is 0 Å². The average molecular weight is 184 g/mol. The van der Waals surface area contributed by atoms with Crippen LogP contribution in [0.3, 0.4) is 0 Å². The molecular weight excluding hydrogens is 174 g/mol. The van der Waals surface area contributed by atoms with Crippen molar-refractivity contribution in [1.29, 1.82) is 0 Å². The molecule has 0 spiro atoms. The minimum absolute atomic E-state index is 0.339. The number of carbonyl (C=O) groups excluding carboxylic acids is 1. The predicted molar refractivity (Wildman–Crippen MR) is 45.5 cm³/mol. The van der Waals surface area contributed by atoms with Gasteiger partial charge in [0.2, 0.25) is 0 Å². The van der Waals surface area contributed by atoms with E-state index in [4.69, 9.17) is 0 Å². The molecule has 1 rings (SSSR count). The van der Waals surface area contributed by atoms with E-state index in [0.717, 1.165) is 18.4 Å². The Morgan fingerprint density at radius 2 is 1.92 bits per heavy atom. The number of benzene rings is 1. The third-order valence-corrected chi connectivity index (χ3v) is 1.91. The van der Waals surface area contributed by atoms with Crippen LogP contribution in [-0.4, -0.2) is 6.29 Å². The maximum absolute atomic E-state index is 12.7. The Bertz CT molecular complexity index is 321. The number of rotatable bonds is 3. The highest BCUT2D eigenvalue weighted by Gasteiger charge is 2.05. The van der Waals surface area contributed by atoms with Gasteiger partial charge in [0.15, 0.2) is 11.6 Å². The lowest BCUT2D eigenvalue weighted by Gasteiger charge is -2.03. The smallest absolute Gasteiger partial charge is 0.159 e. The molecule has 0 aliphatic carbocycles. The molecule has 0 N–H and O–H groups in total. The van der Waals surface area contributed by atoms with Crippen LogP contribution in [0.1, 0.15) is 17.5 Å². The molecule has 0 radical (unpaired) electrons. The Balaban J connectivity index is 2.94. The zero-order valence-corrected chi connectivity index (χ0v) is 7.31. The maximum atomic E-state index is 12.7. The highest BCUT2D eigenvalue weighted by atomic mass is 19.2. The van der Waals surface area contributed by atoms with E-state index in [1.807, 2.05) is 0 Å². The molecule has 1 aromatic carbocycles. The lowest BCUT2D eigenvalue weighted by atomic mass is 10.0. The Kier molecular flexibility index (Phi) is 3.12.